The molecule has 0 aliphatic rings. The molecule has 1 N–H and O–H groups in total. The van der Waals surface area contributed by atoms with Gasteiger partial charge in [-0.05, 0) is 48.5 Å². The lowest BCUT2D eigenvalue weighted by molar-refractivity contribution is -0.385. The number of ether oxygens (including phenoxy) is 4. The molecule has 196 valence electrons. The Morgan fingerprint density at radius 2 is 1.79 bits per heavy atom. The number of carbonyl (C=O) groups excluding carboxylic acids is 1. The summed E-state index contributed by atoms with van der Waals surface area (Å²) >= 11 is 0. The Labute approximate surface area is 217 Å². The Hall–Kier alpha value is -4.97. The molecule has 38 heavy (non-hydrogen) atoms. The zero-order chi connectivity index (χ0) is 26.9. The molecule has 12 heteroatoms. The minimum atomic E-state index is -0.567. The normalized spacial score (nSPS) is 10.6. The fraction of sp³-hybridized carbons (Fsp3) is 0.192. The summed E-state index contributed by atoms with van der Waals surface area (Å²) in [5, 5.41) is 18.4. The van der Waals surface area contributed by atoms with E-state index in [1.807, 2.05) is 24.3 Å². The van der Waals surface area contributed by atoms with E-state index in [2.05, 4.69) is 15.4 Å². The number of nitro groups is 1. The highest BCUT2D eigenvalue weighted by Gasteiger charge is 2.17. The monoisotopic (exact) mass is 519 g/mol. The maximum Gasteiger partial charge on any atom is 0.336 e. The fourth-order valence-corrected chi connectivity index (χ4v) is 3.46. The highest BCUT2D eigenvalue weighted by molar-refractivity contribution is 5.92. The van der Waals surface area contributed by atoms with Gasteiger partial charge in [0.15, 0.2) is 18.2 Å². The van der Waals surface area contributed by atoms with E-state index in [0.717, 1.165) is 5.56 Å². The van der Waals surface area contributed by atoms with Crippen molar-refractivity contribution >= 4 is 17.3 Å². The number of nitro benzene ring substituents is 1. The van der Waals surface area contributed by atoms with E-state index in [-0.39, 0.29) is 24.1 Å². The summed E-state index contributed by atoms with van der Waals surface area (Å²) in [7, 11) is 3.16. The predicted molar refractivity (Wildman–Crippen MR) is 138 cm³/mol. The van der Waals surface area contributed by atoms with E-state index in [0.29, 0.717) is 29.6 Å². The van der Waals surface area contributed by atoms with Gasteiger partial charge in [0.2, 0.25) is 0 Å². The summed E-state index contributed by atoms with van der Waals surface area (Å²) in [6.07, 6.45) is 0. The lowest BCUT2D eigenvalue weighted by Crippen LogP contribution is -2.20. The maximum atomic E-state index is 12.5. The van der Waals surface area contributed by atoms with Crippen LogP contribution in [0, 0.1) is 10.1 Å². The number of amides is 1. The molecule has 0 radical (unpaired) electrons. The number of hydrogen-bond donors (Lipinski definition) is 1. The first-order chi connectivity index (χ1) is 18.5. The van der Waals surface area contributed by atoms with Gasteiger partial charge in [-0.3, -0.25) is 14.9 Å². The second-order valence-electron chi connectivity index (χ2n) is 7.81. The average molecular weight is 520 g/mol. The molecule has 3 aromatic carbocycles. The summed E-state index contributed by atoms with van der Waals surface area (Å²) in [4.78, 5) is 27.7. The summed E-state index contributed by atoms with van der Waals surface area (Å²) in [5.74, 6) is 0.736. The van der Waals surface area contributed by atoms with Gasteiger partial charge in [0.05, 0.1) is 24.3 Å². The van der Waals surface area contributed by atoms with Crippen LogP contribution in [-0.2, 0) is 9.53 Å². The molecule has 0 unspecified atom stereocenters. The Morgan fingerprint density at radius 3 is 2.53 bits per heavy atom. The SMILES string of the molecule is COCCOc1nc(-c2ccc(OC)cc2)n(-c2cccc(NC(=O)COc3ccccc3[N+](=O)[O-])c2)n1. The van der Waals surface area contributed by atoms with Crippen molar-refractivity contribution in [2.24, 2.45) is 0 Å². The third-order valence-electron chi connectivity index (χ3n) is 5.25. The number of methoxy groups -OCH3 is 2. The lowest BCUT2D eigenvalue weighted by atomic mass is 10.2. The molecule has 0 aliphatic heterocycles. The van der Waals surface area contributed by atoms with Gasteiger partial charge >= 0.3 is 11.7 Å². The largest absolute Gasteiger partial charge is 0.497 e. The number of hydrogen-bond acceptors (Lipinski definition) is 9. The van der Waals surface area contributed by atoms with E-state index in [4.69, 9.17) is 18.9 Å². The lowest BCUT2D eigenvalue weighted by Gasteiger charge is -2.10. The maximum absolute atomic E-state index is 12.5. The van der Waals surface area contributed by atoms with E-state index >= 15 is 0 Å². The predicted octanol–water partition coefficient (Wildman–Crippen LogP) is 3.89. The van der Waals surface area contributed by atoms with Crippen molar-refractivity contribution in [2.75, 3.05) is 39.4 Å². The van der Waals surface area contributed by atoms with Crippen LogP contribution < -0.4 is 19.5 Å². The zero-order valence-corrected chi connectivity index (χ0v) is 20.7. The average Bonchev–Trinajstić information content (AvgIpc) is 3.36. The number of anilines is 1. The number of rotatable bonds is 12. The van der Waals surface area contributed by atoms with Crippen molar-refractivity contribution in [3.63, 3.8) is 0 Å². The highest BCUT2D eigenvalue weighted by Crippen LogP contribution is 2.27. The van der Waals surface area contributed by atoms with Crippen LogP contribution in [-0.4, -0.2) is 59.6 Å². The number of carbonyl (C=O) groups is 1. The first-order valence-corrected chi connectivity index (χ1v) is 11.5. The van der Waals surface area contributed by atoms with Gasteiger partial charge in [-0.15, -0.1) is 5.10 Å². The molecule has 0 saturated carbocycles. The highest BCUT2D eigenvalue weighted by atomic mass is 16.6. The summed E-state index contributed by atoms with van der Waals surface area (Å²) < 4.78 is 22.9. The first-order valence-electron chi connectivity index (χ1n) is 11.5. The van der Waals surface area contributed by atoms with Crippen molar-refractivity contribution in [1.29, 1.82) is 0 Å². The van der Waals surface area contributed by atoms with Crippen LogP contribution in [0.15, 0.2) is 72.8 Å². The van der Waals surface area contributed by atoms with Crippen molar-refractivity contribution in [2.45, 2.75) is 0 Å². The summed E-state index contributed by atoms with van der Waals surface area (Å²) in [6.45, 7) is 0.243. The smallest absolute Gasteiger partial charge is 0.336 e. The van der Waals surface area contributed by atoms with Crippen molar-refractivity contribution in [1.82, 2.24) is 14.8 Å². The van der Waals surface area contributed by atoms with Crippen LogP contribution in [0.3, 0.4) is 0 Å². The van der Waals surface area contributed by atoms with Gasteiger partial charge in [-0.1, -0.05) is 18.2 Å². The van der Waals surface area contributed by atoms with Gasteiger partial charge < -0.3 is 24.3 Å². The van der Waals surface area contributed by atoms with Gasteiger partial charge in [0.1, 0.15) is 12.4 Å². The van der Waals surface area contributed by atoms with E-state index in [1.54, 1.807) is 49.2 Å². The van der Waals surface area contributed by atoms with Gasteiger partial charge in [0.25, 0.3) is 5.91 Å². The van der Waals surface area contributed by atoms with Crippen LogP contribution in [0.5, 0.6) is 17.5 Å². The Kier molecular flexibility index (Phi) is 8.46. The third-order valence-corrected chi connectivity index (χ3v) is 5.25. The summed E-state index contributed by atoms with van der Waals surface area (Å²) in [6, 6.07) is 20.3. The van der Waals surface area contributed by atoms with Gasteiger partial charge in [-0.2, -0.15) is 4.98 Å². The minimum absolute atomic E-state index is 0.00847. The topological polar surface area (TPSA) is 140 Å². The molecule has 4 rings (SSSR count). The molecule has 0 fully saturated rings. The third kappa shape index (κ3) is 6.42. The van der Waals surface area contributed by atoms with Crippen LogP contribution in [0.4, 0.5) is 11.4 Å². The Bertz CT molecular complexity index is 1410. The van der Waals surface area contributed by atoms with Crippen molar-refractivity contribution in [3.8, 4) is 34.6 Å². The van der Waals surface area contributed by atoms with Crippen LogP contribution in [0.25, 0.3) is 17.1 Å². The van der Waals surface area contributed by atoms with E-state index < -0.39 is 17.4 Å². The molecular formula is C26H25N5O7. The van der Waals surface area contributed by atoms with Gasteiger partial charge in [0, 0.05) is 24.4 Å². The van der Waals surface area contributed by atoms with Crippen molar-refractivity contribution in [3.05, 3.63) is 82.9 Å². The number of nitrogens with zero attached hydrogens (tertiary/aromatic N) is 4. The summed E-state index contributed by atoms with van der Waals surface area (Å²) in [5.41, 5.74) is 1.63. The van der Waals surface area contributed by atoms with Crippen LogP contribution >= 0.6 is 0 Å². The second kappa shape index (κ2) is 12.3. The number of aromatic nitrogens is 3. The molecule has 0 saturated heterocycles. The molecule has 12 nitrogen and oxygen atoms in total. The molecule has 0 atom stereocenters. The number of benzene rings is 3. The standard InChI is InChI=1S/C26H25N5O7/c1-35-14-15-37-26-28-25(18-10-12-21(36-2)13-11-18)30(29-26)20-7-5-6-19(16-20)27-24(32)17-38-23-9-4-3-8-22(23)31(33)34/h3-13,16H,14-15,17H2,1-2H3,(H,27,32). The first kappa shape index (κ1) is 26.1. The molecule has 1 aromatic heterocycles. The fourth-order valence-electron chi connectivity index (χ4n) is 3.46. The Morgan fingerprint density at radius 1 is 1.00 bits per heavy atom. The molecule has 0 aliphatic carbocycles. The van der Waals surface area contributed by atoms with Gasteiger partial charge in [-0.25, -0.2) is 4.68 Å². The van der Waals surface area contributed by atoms with E-state index in [1.165, 1.54) is 18.2 Å². The number of para-hydroxylation sites is 2. The molecule has 1 heterocycles. The minimum Gasteiger partial charge on any atom is -0.497 e. The molecular weight excluding hydrogens is 494 g/mol. The van der Waals surface area contributed by atoms with Crippen LogP contribution in [0.1, 0.15) is 0 Å². The molecule has 4 aromatic rings. The molecule has 1 amide bonds. The molecule has 0 spiro atoms. The second-order valence-corrected chi connectivity index (χ2v) is 7.81. The zero-order valence-electron chi connectivity index (χ0n) is 20.7. The number of nitrogens with one attached hydrogen (secondary N) is 1. The quantitative estimate of drug-likeness (QED) is 0.168. The molecule has 0 bridgehead atoms. The Balaban J connectivity index is 1.54. The van der Waals surface area contributed by atoms with Crippen molar-refractivity contribution < 1.29 is 28.7 Å². The van der Waals surface area contributed by atoms with E-state index in [9.17, 15) is 14.9 Å². The van der Waals surface area contributed by atoms with Crippen LogP contribution in [0.2, 0.25) is 0 Å².